The van der Waals surface area contributed by atoms with Gasteiger partial charge in [-0.15, -0.1) is 0 Å². The minimum Gasteiger partial charge on any atom is -0.497 e. The minimum atomic E-state index is -4.64. The number of hydrogen-bond donors (Lipinski definition) is 0. The molecule has 0 unspecified atom stereocenters. The number of halogens is 3. The summed E-state index contributed by atoms with van der Waals surface area (Å²) < 4.78 is 50.7. The number of methoxy groups -OCH3 is 1. The maximum absolute atomic E-state index is 14.1. The number of imidazole rings is 1. The number of aromatic nitrogens is 5. The van der Waals surface area contributed by atoms with E-state index in [0.717, 1.165) is 5.69 Å². The molecular formula is C28H29F3N6O2. The Hall–Kier alpha value is -4.15. The number of carbonyl (C=O) groups excluding carboxylic acids is 1. The Morgan fingerprint density at radius 3 is 2.59 bits per heavy atom. The van der Waals surface area contributed by atoms with Gasteiger partial charge in [-0.1, -0.05) is 6.07 Å². The quantitative estimate of drug-likeness (QED) is 0.328. The van der Waals surface area contributed by atoms with Crippen LogP contribution in [0.3, 0.4) is 0 Å². The molecule has 1 aromatic carbocycles. The van der Waals surface area contributed by atoms with E-state index in [4.69, 9.17) is 4.74 Å². The fourth-order valence-corrected chi connectivity index (χ4v) is 5.09. The third-order valence-electron chi connectivity index (χ3n) is 7.23. The first kappa shape index (κ1) is 26.5. The summed E-state index contributed by atoms with van der Waals surface area (Å²) in [6, 6.07) is 6.71. The molecule has 0 spiro atoms. The van der Waals surface area contributed by atoms with Crippen LogP contribution in [0.2, 0.25) is 0 Å². The molecule has 4 aromatic rings. The second kappa shape index (κ2) is 10.2. The molecule has 0 aliphatic carbocycles. The molecule has 0 fully saturated rings. The zero-order chi connectivity index (χ0) is 27.9. The number of alkyl halides is 3. The molecule has 0 saturated heterocycles. The molecule has 0 saturated carbocycles. The standard InChI is InChI=1S/C28H29F3N6O2/c1-5-36-15-24(26(34-36)28(29,30)31)22-11-18(10-19-14-32-16-35(19)3)12-23-21(22)7-9-37(27(23)38)17(2)25-13-20(39-4)6-8-33-25/h6,8,11-17H,5,7,9-10H2,1-4H3/t17-/m0/s1. The van der Waals surface area contributed by atoms with E-state index in [9.17, 15) is 18.0 Å². The maximum Gasteiger partial charge on any atom is 0.435 e. The fourth-order valence-electron chi connectivity index (χ4n) is 5.09. The van der Waals surface area contributed by atoms with Gasteiger partial charge in [0.15, 0.2) is 5.69 Å². The smallest absolute Gasteiger partial charge is 0.435 e. The van der Waals surface area contributed by atoms with Crippen LogP contribution in [0.4, 0.5) is 13.2 Å². The predicted octanol–water partition coefficient (Wildman–Crippen LogP) is 5.08. The predicted molar refractivity (Wildman–Crippen MR) is 138 cm³/mol. The summed E-state index contributed by atoms with van der Waals surface area (Å²) in [5.41, 5.74) is 2.66. The van der Waals surface area contributed by atoms with E-state index in [1.165, 1.54) is 10.9 Å². The summed E-state index contributed by atoms with van der Waals surface area (Å²) in [7, 11) is 3.41. The monoisotopic (exact) mass is 538 g/mol. The highest BCUT2D eigenvalue weighted by atomic mass is 19.4. The summed E-state index contributed by atoms with van der Waals surface area (Å²) in [6.45, 7) is 4.25. The van der Waals surface area contributed by atoms with Crippen molar-refractivity contribution in [3.63, 3.8) is 0 Å². The molecule has 8 nitrogen and oxygen atoms in total. The molecule has 5 rings (SSSR count). The van der Waals surface area contributed by atoms with E-state index in [0.29, 0.717) is 53.1 Å². The second-order valence-corrected chi connectivity index (χ2v) is 9.63. The van der Waals surface area contributed by atoms with Crippen molar-refractivity contribution in [2.24, 2.45) is 7.05 Å². The number of benzene rings is 1. The maximum atomic E-state index is 14.1. The van der Waals surface area contributed by atoms with Gasteiger partial charge >= 0.3 is 6.18 Å². The van der Waals surface area contributed by atoms with Crippen molar-refractivity contribution in [1.29, 1.82) is 0 Å². The van der Waals surface area contributed by atoms with Crippen molar-refractivity contribution < 1.29 is 22.7 Å². The molecule has 11 heteroatoms. The topological polar surface area (TPSA) is 78.1 Å². The van der Waals surface area contributed by atoms with Gasteiger partial charge in [0.2, 0.25) is 0 Å². The molecule has 39 heavy (non-hydrogen) atoms. The molecule has 0 radical (unpaired) electrons. The Morgan fingerprint density at radius 2 is 1.92 bits per heavy atom. The zero-order valence-corrected chi connectivity index (χ0v) is 22.2. The number of aryl methyl sites for hydroxylation is 2. The van der Waals surface area contributed by atoms with Gasteiger partial charge in [-0.25, -0.2) is 4.98 Å². The normalized spacial score (nSPS) is 14.4. The Labute approximate surface area is 224 Å². The molecule has 1 aliphatic rings. The summed E-state index contributed by atoms with van der Waals surface area (Å²) >= 11 is 0. The van der Waals surface area contributed by atoms with E-state index in [2.05, 4.69) is 15.1 Å². The average molecular weight is 539 g/mol. The average Bonchev–Trinajstić information content (AvgIpc) is 3.54. The molecule has 1 atom stereocenters. The van der Waals surface area contributed by atoms with E-state index < -0.39 is 11.9 Å². The van der Waals surface area contributed by atoms with Crippen LogP contribution < -0.4 is 4.74 Å². The second-order valence-electron chi connectivity index (χ2n) is 9.63. The molecule has 1 aliphatic heterocycles. The van der Waals surface area contributed by atoms with Gasteiger partial charge in [0.25, 0.3) is 5.91 Å². The lowest BCUT2D eigenvalue weighted by Gasteiger charge is -2.34. The fraction of sp³-hybridized carbons (Fsp3) is 0.357. The van der Waals surface area contributed by atoms with Gasteiger partial charge in [0, 0.05) is 68.0 Å². The zero-order valence-electron chi connectivity index (χ0n) is 22.2. The Morgan fingerprint density at radius 1 is 1.15 bits per heavy atom. The first-order valence-corrected chi connectivity index (χ1v) is 12.7. The van der Waals surface area contributed by atoms with Crippen molar-refractivity contribution in [2.75, 3.05) is 13.7 Å². The van der Waals surface area contributed by atoms with Gasteiger partial charge in [0.05, 0.1) is 25.2 Å². The van der Waals surface area contributed by atoms with Crippen LogP contribution in [0, 0.1) is 0 Å². The number of rotatable bonds is 7. The van der Waals surface area contributed by atoms with Crippen molar-refractivity contribution in [1.82, 2.24) is 29.2 Å². The van der Waals surface area contributed by atoms with Gasteiger partial charge < -0.3 is 14.2 Å². The highest BCUT2D eigenvalue weighted by Crippen LogP contribution is 2.41. The van der Waals surface area contributed by atoms with Gasteiger partial charge in [-0.05, 0) is 49.1 Å². The number of fused-ring (bicyclic) bond motifs is 1. The van der Waals surface area contributed by atoms with E-state index in [1.54, 1.807) is 61.9 Å². The Kier molecular flexibility index (Phi) is 6.92. The third kappa shape index (κ3) is 5.00. The van der Waals surface area contributed by atoms with Crippen molar-refractivity contribution in [2.45, 2.75) is 45.5 Å². The van der Waals surface area contributed by atoms with E-state index >= 15 is 0 Å². The number of amides is 1. The van der Waals surface area contributed by atoms with Crippen LogP contribution in [0.15, 0.2) is 49.2 Å². The highest BCUT2D eigenvalue weighted by Gasteiger charge is 2.39. The number of carbonyl (C=O) groups is 1. The van der Waals surface area contributed by atoms with Crippen molar-refractivity contribution in [3.8, 4) is 16.9 Å². The summed E-state index contributed by atoms with van der Waals surface area (Å²) in [5.74, 6) is 0.378. The van der Waals surface area contributed by atoms with Crippen LogP contribution in [0.25, 0.3) is 11.1 Å². The molecule has 3 aromatic heterocycles. The largest absolute Gasteiger partial charge is 0.497 e. The number of pyridine rings is 1. The van der Waals surface area contributed by atoms with Gasteiger partial charge in [0.1, 0.15) is 5.75 Å². The van der Waals surface area contributed by atoms with Gasteiger partial charge in [-0.2, -0.15) is 18.3 Å². The summed E-state index contributed by atoms with van der Waals surface area (Å²) in [6.07, 6.45) is 2.58. The molecule has 0 N–H and O–H groups in total. The lowest BCUT2D eigenvalue weighted by Crippen LogP contribution is -2.40. The van der Waals surface area contributed by atoms with Gasteiger partial charge in [-0.3, -0.25) is 14.5 Å². The SMILES string of the molecule is CCn1cc(-c2cc(Cc3cncn3C)cc3c2CCN([C@@H](C)c2cc(OC)ccn2)C3=O)c(C(F)(F)F)n1. The highest BCUT2D eigenvalue weighted by molar-refractivity contribution is 5.99. The first-order valence-electron chi connectivity index (χ1n) is 12.7. The Balaban J connectivity index is 1.63. The molecular weight excluding hydrogens is 509 g/mol. The van der Waals surface area contributed by atoms with Crippen molar-refractivity contribution >= 4 is 5.91 Å². The van der Waals surface area contributed by atoms with E-state index in [-0.39, 0.29) is 24.1 Å². The minimum absolute atomic E-state index is 0.0174. The first-order chi connectivity index (χ1) is 18.6. The van der Waals surface area contributed by atoms with E-state index in [1.807, 2.05) is 18.5 Å². The Bertz CT molecular complexity index is 1520. The molecule has 1 amide bonds. The lowest BCUT2D eigenvalue weighted by molar-refractivity contribution is -0.141. The molecule has 204 valence electrons. The number of nitrogens with zero attached hydrogens (tertiary/aromatic N) is 6. The van der Waals surface area contributed by atoms with Crippen LogP contribution in [-0.4, -0.2) is 48.8 Å². The summed E-state index contributed by atoms with van der Waals surface area (Å²) in [5, 5.41) is 3.83. The molecule has 0 bridgehead atoms. The third-order valence-corrected chi connectivity index (χ3v) is 7.23. The van der Waals surface area contributed by atoms with Crippen LogP contribution in [0.5, 0.6) is 5.75 Å². The molecule has 4 heterocycles. The number of ether oxygens (including phenoxy) is 1. The van der Waals surface area contributed by atoms with Crippen molar-refractivity contribution in [3.05, 3.63) is 83.0 Å². The van der Waals surface area contributed by atoms with Crippen LogP contribution in [0.1, 0.15) is 58.5 Å². The van der Waals surface area contributed by atoms with Crippen LogP contribution >= 0.6 is 0 Å². The number of hydrogen-bond acceptors (Lipinski definition) is 5. The van der Waals surface area contributed by atoms with Crippen LogP contribution in [-0.2, 0) is 32.6 Å². The summed E-state index contributed by atoms with van der Waals surface area (Å²) in [4.78, 5) is 24.2. The lowest BCUT2D eigenvalue weighted by atomic mass is 9.87.